The molecule has 2 rings (SSSR count). The lowest BCUT2D eigenvalue weighted by Crippen LogP contribution is -2.38. The van der Waals surface area contributed by atoms with Gasteiger partial charge >= 0.3 is 0 Å². The van der Waals surface area contributed by atoms with Crippen LogP contribution in [0.25, 0.3) is 0 Å². The highest BCUT2D eigenvalue weighted by molar-refractivity contribution is 6.31. The summed E-state index contributed by atoms with van der Waals surface area (Å²) in [5, 5.41) is 13.1. The van der Waals surface area contributed by atoms with Crippen LogP contribution in [-0.4, -0.2) is 44.3 Å². The van der Waals surface area contributed by atoms with Gasteiger partial charge in [0.25, 0.3) is 0 Å². The molecule has 0 radical (unpaired) electrons. The summed E-state index contributed by atoms with van der Waals surface area (Å²) in [5.74, 6) is 0. The summed E-state index contributed by atoms with van der Waals surface area (Å²) in [4.78, 5) is 2.36. The number of ether oxygens (including phenoxy) is 1. The standard InChI is InChI=1S/C16H22ClN3O/c1-21-8-7-20(12-15-3-2-6-19-15)11-14-5-4-13(10-18)9-16(14)17/h4-5,9,15,19H,2-3,6-8,11-12H2,1H3. The number of nitrogens with one attached hydrogen (secondary N) is 1. The molecular weight excluding hydrogens is 286 g/mol. The number of hydrogen-bond acceptors (Lipinski definition) is 4. The van der Waals surface area contributed by atoms with Crippen molar-refractivity contribution in [3.63, 3.8) is 0 Å². The number of methoxy groups -OCH3 is 1. The van der Waals surface area contributed by atoms with Gasteiger partial charge < -0.3 is 10.1 Å². The molecule has 1 aromatic carbocycles. The first-order chi connectivity index (χ1) is 10.2. The van der Waals surface area contributed by atoms with Crippen LogP contribution in [0.1, 0.15) is 24.0 Å². The second kappa shape index (κ2) is 8.35. The Kier molecular flexibility index (Phi) is 6.47. The first-order valence-corrected chi connectivity index (χ1v) is 7.74. The number of halogens is 1. The van der Waals surface area contributed by atoms with Crippen LogP contribution in [0.2, 0.25) is 5.02 Å². The van der Waals surface area contributed by atoms with E-state index < -0.39 is 0 Å². The van der Waals surface area contributed by atoms with Crippen molar-refractivity contribution in [2.45, 2.75) is 25.4 Å². The first kappa shape index (κ1) is 16.3. The molecular formula is C16H22ClN3O. The highest BCUT2D eigenvalue weighted by atomic mass is 35.5. The molecule has 21 heavy (non-hydrogen) atoms. The fourth-order valence-corrected chi connectivity index (χ4v) is 2.91. The molecule has 114 valence electrons. The van der Waals surface area contributed by atoms with E-state index in [1.807, 2.05) is 12.1 Å². The fraction of sp³-hybridized carbons (Fsp3) is 0.562. The summed E-state index contributed by atoms with van der Waals surface area (Å²) in [5.41, 5.74) is 1.66. The largest absolute Gasteiger partial charge is 0.383 e. The molecule has 1 fully saturated rings. The summed E-state index contributed by atoms with van der Waals surface area (Å²) in [7, 11) is 1.72. The number of benzene rings is 1. The monoisotopic (exact) mass is 307 g/mol. The minimum absolute atomic E-state index is 0.555. The summed E-state index contributed by atoms with van der Waals surface area (Å²) >= 11 is 6.28. The average Bonchev–Trinajstić information content (AvgIpc) is 2.99. The van der Waals surface area contributed by atoms with Gasteiger partial charge in [0.05, 0.1) is 18.2 Å². The van der Waals surface area contributed by atoms with Crippen LogP contribution in [0.5, 0.6) is 0 Å². The lowest BCUT2D eigenvalue weighted by molar-refractivity contribution is 0.138. The van der Waals surface area contributed by atoms with Gasteiger partial charge in [-0.2, -0.15) is 5.26 Å². The highest BCUT2D eigenvalue weighted by Gasteiger charge is 2.18. The summed E-state index contributed by atoms with van der Waals surface area (Å²) in [6.45, 7) is 4.48. The maximum absolute atomic E-state index is 8.90. The van der Waals surface area contributed by atoms with Crippen molar-refractivity contribution in [1.82, 2.24) is 10.2 Å². The van der Waals surface area contributed by atoms with Crippen LogP contribution >= 0.6 is 11.6 Å². The van der Waals surface area contributed by atoms with Crippen LogP contribution in [0.3, 0.4) is 0 Å². The van der Waals surface area contributed by atoms with Crippen LogP contribution in [0.4, 0.5) is 0 Å². The lowest BCUT2D eigenvalue weighted by atomic mass is 10.1. The Labute approximate surface area is 131 Å². The van der Waals surface area contributed by atoms with Crippen molar-refractivity contribution in [1.29, 1.82) is 5.26 Å². The molecule has 0 saturated carbocycles. The SMILES string of the molecule is COCCN(Cc1ccc(C#N)cc1Cl)CC1CCCN1. The van der Waals surface area contributed by atoms with Gasteiger partial charge in [0.2, 0.25) is 0 Å². The number of hydrogen-bond donors (Lipinski definition) is 1. The summed E-state index contributed by atoms with van der Waals surface area (Å²) < 4.78 is 5.20. The van der Waals surface area contributed by atoms with E-state index in [2.05, 4.69) is 16.3 Å². The predicted molar refractivity (Wildman–Crippen MR) is 84.3 cm³/mol. The van der Waals surface area contributed by atoms with E-state index in [1.54, 1.807) is 13.2 Å². The molecule has 0 bridgehead atoms. The van der Waals surface area contributed by atoms with E-state index in [-0.39, 0.29) is 0 Å². The molecule has 0 aromatic heterocycles. The van der Waals surface area contributed by atoms with Crippen molar-refractivity contribution in [3.8, 4) is 6.07 Å². The molecule has 0 spiro atoms. The van der Waals surface area contributed by atoms with Crippen molar-refractivity contribution >= 4 is 11.6 Å². The third-order valence-corrected chi connectivity index (χ3v) is 4.18. The van der Waals surface area contributed by atoms with E-state index in [0.717, 1.165) is 31.7 Å². The third-order valence-electron chi connectivity index (χ3n) is 3.83. The van der Waals surface area contributed by atoms with Crippen LogP contribution < -0.4 is 5.32 Å². The zero-order valence-corrected chi connectivity index (χ0v) is 13.2. The van der Waals surface area contributed by atoms with Gasteiger partial charge in [-0.3, -0.25) is 4.90 Å². The molecule has 1 heterocycles. The van der Waals surface area contributed by atoms with Gasteiger partial charge in [-0.25, -0.2) is 0 Å². The van der Waals surface area contributed by atoms with E-state index in [4.69, 9.17) is 21.6 Å². The molecule has 0 aliphatic carbocycles. The maximum Gasteiger partial charge on any atom is 0.0992 e. The third kappa shape index (κ3) is 4.98. The molecule has 1 aliphatic heterocycles. The number of rotatable bonds is 7. The topological polar surface area (TPSA) is 48.3 Å². The van der Waals surface area contributed by atoms with Crippen LogP contribution in [0, 0.1) is 11.3 Å². The average molecular weight is 308 g/mol. The number of nitrogens with zero attached hydrogens (tertiary/aromatic N) is 2. The smallest absolute Gasteiger partial charge is 0.0992 e. The Morgan fingerprint density at radius 3 is 3.00 bits per heavy atom. The van der Waals surface area contributed by atoms with Gasteiger partial charge in [0.15, 0.2) is 0 Å². The molecule has 1 unspecified atom stereocenters. The Morgan fingerprint density at radius 1 is 1.52 bits per heavy atom. The minimum atomic E-state index is 0.555. The van der Waals surface area contributed by atoms with Gasteiger partial charge in [0.1, 0.15) is 0 Å². The quantitative estimate of drug-likeness (QED) is 0.840. The zero-order chi connectivity index (χ0) is 15.1. The Hall–Kier alpha value is -1.12. The van der Waals surface area contributed by atoms with E-state index in [0.29, 0.717) is 23.2 Å². The second-order valence-corrected chi connectivity index (χ2v) is 5.85. The van der Waals surface area contributed by atoms with E-state index in [1.165, 1.54) is 12.8 Å². The Bertz CT molecular complexity index is 495. The van der Waals surface area contributed by atoms with Crippen molar-refractivity contribution in [3.05, 3.63) is 34.3 Å². The maximum atomic E-state index is 8.90. The normalized spacial score (nSPS) is 18.1. The summed E-state index contributed by atoms with van der Waals surface area (Å²) in [6.07, 6.45) is 2.48. The van der Waals surface area contributed by atoms with Gasteiger partial charge in [-0.05, 0) is 37.1 Å². The Balaban J connectivity index is 2.01. The van der Waals surface area contributed by atoms with Crippen molar-refractivity contribution in [2.75, 3.05) is 33.4 Å². The molecule has 4 nitrogen and oxygen atoms in total. The highest BCUT2D eigenvalue weighted by Crippen LogP contribution is 2.20. The molecule has 0 amide bonds. The van der Waals surface area contributed by atoms with Gasteiger partial charge in [-0.1, -0.05) is 17.7 Å². The van der Waals surface area contributed by atoms with Crippen LogP contribution in [0.15, 0.2) is 18.2 Å². The zero-order valence-electron chi connectivity index (χ0n) is 12.4. The van der Waals surface area contributed by atoms with Gasteiger partial charge in [0, 0.05) is 37.8 Å². The molecule has 1 atom stereocenters. The number of nitriles is 1. The second-order valence-electron chi connectivity index (χ2n) is 5.44. The van der Waals surface area contributed by atoms with Gasteiger partial charge in [-0.15, -0.1) is 0 Å². The minimum Gasteiger partial charge on any atom is -0.383 e. The summed E-state index contributed by atoms with van der Waals surface area (Å²) in [6, 6.07) is 8.17. The van der Waals surface area contributed by atoms with Crippen molar-refractivity contribution < 1.29 is 4.74 Å². The predicted octanol–water partition coefficient (Wildman–Crippen LogP) is 2.41. The van der Waals surface area contributed by atoms with Crippen LogP contribution in [-0.2, 0) is 11.3 Å². The van der Waals surface area contributed by atoms with E-state index in [9.17, 15) is 0 Å². The molecule has 5 heteroatoms. The fourth-order valence-electron chi connectivity index (χ4n) is 2.67. The van der Waals surface area contributed by atoms with E-state index >= 15 is 0 Å². The Morgan fingerprint density at radius 2 is 2.38 bits per heavy atom. The molecule has 1 saturated heterocycles. The first-order valence-electron chi connectivity index (χ1n) is 7.36. The molecule has 1 N–H and O–H groups in total. The molecule has 1 aromatic rings. The lowest BCUT2D eigenvalue weighted by Gasteiger charge is -2.26. The van der Waals surface area contributed by atoms with Crippen molar-refractivity contribution in [2.24, 2.45) is 0 Å². The molecule has 1 aliphatic rings.